The molecular formula is C21H27Cl2N3O2S. The van der Waals surface area contributed by atoms with Gasteiger partial charge in [-0.1, -0.05) is 38.1 Å². The number of benzene rings is 1. The zero-order valence-electron chi connectivity index (χ0n) is 16.7. The molecule has 0 saturated carbocycles. The number of aryl methyl sites for hydroxylation is 1. The molecule has 0 bridgehead atoms. The van der Waals surface area contributed by atoms with E-state index in [1.54, 1.807) is 11.3 Å². The summed E-state index contributed by atoms with van der Waals surface area (Å²) in [5, 5.41) is 6.83. The first-order valence-corrected chi connectivity index (χ1v) is 9.99. The Morgan fingerprint density at radius 3 is 2.41 bits per heavy atom. The summed E-state index contributed by atoms with van der Waals surface area (Å²) in [6.45, 7) is 6.53. The summed E-state index contributed by atoms with van der Waals surface area (Å²) >= 11 is 1.58. The second kappa shape index (κ2) is 11.4. The summed E-state index contributed by atoms with van der Waals surface area (Å²) in [7, 11) is 0. The van der Waals surface area contributed by atoms with Crippen LogP contribution in [0.15, 0.2) is 45.5 Å². The highest BCUT2D eigenvalue weighted by molar-refractivity contribution is 7.08. The Labute approximate surface area is 187 Å². The first kappa shape index (κ1) is 25.2. The van der Waals surface area contributed by atoms with E-state index in [1.807, 2.05) is 35.9 Å². The summed E-state index contributed by atoms with van der Waals surface area (Å²) in [6, 6.07) is 9.94. The van der Waals surface area contributed by atoms with Gasteiger partial charge in [0.15, 0.2) is 0 Å². The third kappa shape index (κ3) is 6.57. The average Bonchev–Trinajstić information content (AvgIpc) is 3.30. The smallest absolute Gasteiger partial charge is 0.227 e. The van der Waals surface area contributed by atoms with Crippen LogP contribution in [-0.2, 0) is 11.2 Å². The van der Waals surface area contributed by atoms with Gasteiger partial charge in [0.05, 0.1) is 12.1 Å². The van der Waals surface area contributed by atoms with E-state index in [0.717, 1.165) is 11.1 Å². The average molecular weight is 456 g/mol. The van der Waals surface area contributed by atoms with Crippen LogP contribution in [0.1, 0.15) is 48.4 Å². The van der Waals surface area contributed by atoms with E-state index >= 15 is 0 Å². The van der Waals surface area contributed by atoms with E-state index in [-0.39, 0.29) is 43.2 Å². The Bertz CT molecular complexity index is 893. The fourth-order valence-electron chi connectivity index (χ4n) is 2.79. The third-order valence-corrected chi connectivity index (χ3v) is 5.22. The lowest BCUT2D eigenvalue weighted by Gasteiger charge is -2.14. The van der Waals surface area contributed by atoms with Crippen LogP contribution in [0.25, 0.3) is 11.5 Å². The SMILES string of the molecule is Cc1oc(-c2ccsc2)nc1CC(=O)NCC(N)c1ccc(C(C)C)cc1.Cl.Cl. The molecule has 0 spiro atoms. The van der Waals surface area contributed by atoms with Crippen LogP contribution in [0.4, 0.5) is 0 Å². The van der Waals surface area contributed by atoms with Crippen molar-refractivity contribution in [2.24, 2.45) is 5.73 Å². The summed E-state index contributed by atoms with van der Waals surface area (Å²) in [5.74, 6) is 1.59. The molecule has 29 heavy (non-hydrogen) atoms. The molecule has 158 valence electrons. The maximum absolute atomic E-state index is 12.3. The zero-order chi connectivity index (χ0) is 19.4. The fraction of sp³-hybridized carbons (Fsp3) is 0.333. The van der Waals surface area contributed by atoms with E-state index in [9.17, 15) is 4.79 Å². The predicted octanol–water partition coefficient (Wildman–Crippen LogP) is 5.04. The van der Waals surface area contributed by atoms with Gasteiger partial charge < -0.3 is 15.5 Å². The molecule has 3 aromatic rings. The number of carbonyl (C=O) groups is 1. The number of aromatic nitrogens is 1. The van der Waals surface area contributed by atoms with Crippen LogP contribution in [0.3, 0.4) is 0 Å². The summed E-state index contributed by atoms with van der Waals surface area (Å²) < 4.78 is 5.68. The highest BCUT2D eigenvalue weighted by atomic mass is 35.5. The monoisotopic (exact) mass is 455 g/mol. The fourth-order valence-corrected chi connectivity index (χ4v) is 3.42. The second-order valence-electron chi connectivity index (χ2n) is 6.94. The number of nitrogens with zero attached hydrogens (tertiary/aromatic N) is 1. The van der Waals surface area contributed by atoms with E-state index in [1.165, 1.54) is 5.56 Å². The number of nitrogens with one attached hydrogen (secondary N) is 1. The molecule has 1 aromatic carbocycles. The van der Waals surface area contributed by atoms with E-state index in [4.69, 9.17) is 10.2 Å². The number of amides is 1. The van der Waals surface area contributed by atoms with Crippen molar-refractivity contribution in [2.45, 2.75) is 39.2 Å². The van der Waals surface area contributed by atoms with Crippen LogP contribution in [0.5, 0.6) is 0 Å². The Kier molecular flexibility index (Phi) is 9.86. The van der Waals surface area contributed by atoms with Crippen LogP contribution < -0.4 is 11.1 Å². The Balaban J connectivity index is 0.00000210. The number of hydrogen-bond acceptors (Lipinski definition) is 5. The lowest BCUT2D eigenvalue weighted by molar-refractivity contribution is -0.120. The van der Waals surface area contributed by atoms with Crippen molar-refractivity contribution in [1.82, 2.24) is 10.3 Å². The molecule has 2 aromatic heterocycles. The first-order chi connectivity index (χ1) is 12.9. The number of halogens is 2. The molecule has 0 fully saturated rings. The van der Waals surface area contributed by atoms with Crippen molar-refractivity contribution in [1.29, 1.82) is 0 Å². The molecule has 1 atom stereocenters. The number of oxazole rings is 1. The minimum Gasteiger partial charge on any atom is -0.441 e. The number of carbonyl (C=O) groups excluding carboxylic acids is 1. The Morgan fingerprint density at radius 1 is 1.17 bits per heavy atom. The summed E-state index contributed by atoms with van der Waals surface area (Å²) in [4.78, 5) is 16.7. The van der Waals surface area contributed by atoms with Gasteiger partial charge in [0.25, 0.3) is 0 Å². The van der Waals surface area contributed by atoms with Gasteiger partial charge in [-0.05, 0) is 35.4 Å². The lowest BCUT2D eigenvalue weighted by Crippen LogP contribution is -2.33. The standard InChI is InChI=1S/C21H25N3O2S.2ClH/c1-13(2)15-4-6-16(7-5-15)18(22)11-23-20(25)10-19-14(3)26-21(24-19)17-8-9-27-12-17;;/h4-9,12-13,18H,10-11,22H2,1-3H3,(H,23,25);2*1H. The highest BCUT2D eigenvalue weighted by Crippen LogP contribution is 2.24. The molecule has 5 nitrogen and oxygen atoms in total. The molecule has 1 amide bonds. The quantitative estimate of drug-likeness (QED) is 0.522. The van der Waals surface area contributed by atoms with Gasteiger partial charge in [-0.3, -0.25) is 4.79 Å². The molecule has 2 heterocycles. The molecule has 0 aliphatic heterocycles. The largest absolute Gasteiger partial charge is 0.441 e. The molecule has 3 N–H and O–H groups in total. The summed E-state index contributed by atoms with van der Waals surface area (Å²) in [5.41, 5.74) is 10.1. The van der Waals surface area contributed by atoms with Gasteiger partial charge in [0.2, 0.25) is 11.8 Å². The second-order valence-corrected chi connectivity index (χ2v) is 7.72. The molecule has 1 unspecified atom stereocenters. The molecule has 0 aliphatic carbocycles. The van der Waals surface area contributed by atoms with Crippen molar-refractivity contribution < 1.29 is 9.21 Å². The number of nitrogens with two attached hydrogens (primary N) is 1. The maximum Gasteiger partial charge on any atom is 0.227 e. The van der Waals surface area contributed by atoms with Gasteiger partial charge in [-0.2, -0.15) is 11.3 Å². The molecule has 0 radical (unpaired) electrons. The third-order valence-electron chi connectivity index (χ3n) is 4.54. The molecule has 8 heteroatoms. The predicted molar refractivity (Wildman–Crippen MR) is 123 cm³/mol. The van der Waals surface area contributed by atoms with Crippen LogP contribution in [0, 0.1) is 6.92 Å². The van der Waals surface area contributed by atoms with E-state index in [0.29, 0.717) is 29.8 Å². The van der Waals surface area contributed by atoms with Crippen molar-refractivity contribution in [3.05, 3.63) is 63.7 Å². The molecule has 3 rings (SSSR count). The number of rotatable bonds is 7. The zero-order valence-corrected chi connectivity index (χ0v) is 19.1. The van der Waals surface area contributed by atoms with Crippen molar-refractivity contribution >= 4 is 42.1 Å². The number of hydrogen-bond donors (Lipinski definition) is 2. The van der Waals surface area contributed by atoms with Crippen LogP contribution in [0.2, 0.25) is 0 Å². The maximum atomic E-state index is 12.3. The minimum absolute atomic E-state index is 0. The van der Waals surface area contributed by atoms with E-state index < -0.39 is 0 Å². The summed E-state index contributed by atoms with van der Waals surface area (Å²) in [6.07, 6.45) is 0.179. The molecular weight excluding hydrogens is 429 g/mol. The highest BCUT2D eigenvalue weighted by Gasteiger charge is 2.16. The van der Waals surface area contributed by atoms with Crippen LogP contribution >= 0.6 is 36.2 Å². The van der Waals surface area contributed by atoms with Gasteiger partial charge >= 0.3 is 0 Å². The van der Waals surface area contributed by atoms with Gasteiger partial charge in [-0.25, -0.2) is 4.98 Å². The topological polar surface area (TPSA) is 81.2 Å². The minimum atomic E-state index is -0.241. The van der Waals surface area contributed by atoms with Gasteiger partial charge in [0, 0.05) is 23.5 Å². The Hall–Kier alpha value is -1.86. The normalized spacial score (nSPS) is 11.5. The van der Waals surface area contributed by atoms with Crippen LogP contribution in [-0.4, -0.2) is 17.4 Å². The van der Waals surface area contributed by atoms with Crippen molar-refractivity contribution in [2.75, 3.05) is 6.54 Å². The first-order valence-electron chi connectivity index (χ1n) is 9.05. The van der Waals surface area contributed by atoms with Crippen molar-refractivity contribution in [3.63, 3.8) is 0 Å². The van der Waals surface area contributed by atoms with Gasteiger partial charge in [-0.15, -0.1) is 24.8 Å². The lowest BCUT2D eigenvalue weighted by atomic mass is 9.99. The molecule has 0 saturated heterocycles. The van der Waals surface area contributed by atoms with Crippen molar-refractivity contribution in [3.8, 4) is 11.5 Å². The molecule has 0 aliphatic rings. The Morgan fingerprint density at radius 2 is 1.83 bits per heavy atom. The van der Waals surface area contributed by atoms with Gasteiger partial charge in [0.1, 0.15) is 5.76 Å². The number of thiophene rings is 1. The van der Waals surface area contributed by atoms with E-state index in [2.05, 4.69) is 36.3 Å².